The summed E-state index contributed by atoms with van der Waals surface area (Å²) in [6.07, 6.45) is 0. The molecule has 0 spiro atoms. The topological polar surface area (TPSA) is 40.9 Å². The van der Waals surface area contributed by atoms with Crippen LogP contribution in [0.25, 0.3) is 0 Å². The molecule has 0 bridgehead atoms. The van der Waals surface area contributed by atoms with Crippen LogP contribution in [0, 0.1) is 32.1 Å². The van der Waals surface area contributed by atoms with Crippen LogP contribution in [-0.2, 0) is 0 Å². The Hall–Kier alpha value is -2.40. The summed E-state index contributed by atoms with van der Waals surface area (Å²) >= 11 is 0. The van der Waals surface area contributed by atoms with Crippen LogP contribution >= 0.6 is 0 Å². The Labute approximate surface area is 119 Å². The highest BCUT2D eigenvalue weighted by molar-refractivity contribution is 6.02. The zero-order valence-electron chi connectivity index (χ0n) is 12.0. The van der Waals surface area contributed by atoms with E-state index < -0.39 is 5.92 Å². The molecule has 0 saturated carbocycles. The van der Waals surface area contributed by atoms with Crippen molar-refractivity contribution in [2.24, 2.45) is 0 Å². The SMILES string of the molecule is Cc1cccc(C(=O)C(C#N)c2ccc(C)c(C)c2)c1. The summed E-state index contributed by atoms with van der Waals surface area (Å²) in [5, 5.41) is 9.37. The Balaban J connectivity index is 2.40. The van der Waals surface area contributed by atoms with E-state index in [1.165, 1.54) is 0 Å². The van der Waals surface area contributed by atoms with Crippen LogP contribution in [0.2, 0.25) is 0 Å². The van der Waals surface area contributed by atoms with Crippen LogP contribution in [0.3, 0.4) is 0 Å². The van der Waals surface area contributed by atoms with Crippen molar-refractivity contribution in [1.82, 2.24) is 0 Å². The molecule has 2 rings (SSSR count). The summed E-state index contributed by atoms with van der Waals surface area (Å²) in [5.74, 6) is -0.879. The smallest absolute Gasteiger partial charge is 0.184 e. The Kier molecular flexibility index (Phi) is 4.00. The molecule has 2 heteroatoms. The largest absolute Gasteiger partial charge is 0.292 e. The number of carbonyl (C=O) groups is 1. The average Bonchev–Trinajstić information content (AvgIpc) is 2.43. The maximum absolute atomic E-state index is 12.5. The number of benzene rings is 2. The maximum Gasteiger partial charge on any atom is 0.184 e. The molecule has 0 radical (unpaired) electrons. The van der Waals surface area contributed by atoms with Crippen LogP contribution in [0.5, 0.6) is 0 Å². The number of nitrogens with zero attached hydrogens (tertiary/aromatic N) is 1. The van der Waals surface area contributed by atoms with Gasteiger partial charge < -0.3 is 0 Å². The molecule has 2 nitrogen and oxygen atoms in total. The minimum Gasteiger partial charge on any atom is -0.292 e. The minimum absolute atomic E-state index is 0.139. The van der Waals surface area contributed by atoms with E-state index in [4.69, 9.17) is 0 Å². The molecule has 0 amide bonds. The third kappa shape index (κ3) is 2.78. The molecule has 1 atom stereocenters. The second-order valence-electron chi connectivity index (χ2n) is 5.14. The highest BCUT2D eigenvalue weighted by Gasteiger charge is 2.22. The molecule has 20 heavy (non-hydrogen) atoms. The van der Waals surface area contributed by atoms with Gasteiger partial charge in [0.25, 0.3) is 0 Å². The normalized spacial score (nSPS) is 11.7. The molecule has 0 saturated heterocycles. The van der Waals surface area contributed by atoms with E-state index in [0.29, 0.717) is 5.56 Å². The highest BCUT2D eigenvalue weighted by Crippen LogP contribution is 2.23. The molecule has 0 aromatic heterocycles. The first-order valence-corrected chi connectivity index (χ1v) is 6.60. The fourth-order valence-corrected chi connectivity index (χ4v) is 2.19. The van der Waals surface area contributed by atoms with Crippen molar-refractivity contribution in [2.45, 2.75) is 26.7 Å². The van der Waals surface area contributed by atoms with Gasteiger partial charge in [-0.2, -0.15) is 5.26 Å². The first kappa shape index (κ1) is 14.0. The highest BCUT2D eigenvalue weighted by atomic mass is 16.1. The van der Waals surface area contributed by atoms with Gasteiger partial charge >= 0.3 is 0 Å². The van der Waals surface area contributed by atoms with Crippen molar-refractivity contribution in [3.8, 4) is 6.07 Å². The monoisotopic (exact) mass is 263 g/mol. The first-order valence-electron chi connectivity index (χ1n) is 6.60. The van der Waals surface area contributed by atoms with Gasteiger partial charge in [-0.25, -0.2) is 0 Å². The van der Waals surface area contributed by atoms with E-state index >= 15 is 0 Å². The van der Waals surface area contributed by atoms with Crippen molar-refractivity contribution < 1.29 is 4.79 Å². The molecule has 1 unspecified atom stereocenters. The third-order valence-corrected chi connectivity index (χ3v) is 3.56. The summed E-state index contributed by atoms with van der Waals surface area (Å²) < 4.78 is 0. The molecule has 0 aliphatic rings. The number of ketones is 1. The van der Waals surface area contributed by atoms with Crippen LogP contribution in [0.1, 0.15) is 38.5 Å². The van der Waals surface area contributed by atoms with E-state index in [2.05, 4.69) is 6.07 Å². The zero-order valence-corrected chi connectivity index (χ0v) is 12.0. The third-order valence-electron chi connectivity index (χ3n) is 3.56. The van der Waals surface area contributed by atoms with E-state index in [1.54, 1.807) is 6.07 Å². The summed E-state index contributed by atoms with van der Waals surface area (Å²) in [7, 11) is 0. The van der Waals surface area contributed by atoms with Gasteiger partial charge in [0.15, 0.2) is 5.78 Å². The van der Waals surface area contributed by atoms with Gasteiger partial charge in [-0.15, -0.1) is 0 Å². The number of carbonyl (C=O) groups excluding carboxylic acids is 1. The van der Waals surface area contributed by atoms with Gasteiger partial charge in [-0.1, -0.05) is 42.0 Å². The van der Waals surface area contributed by atoms with Crippen molar-refractivity contribution in [3.05, 3.63) is 70.3 Å². The van der Waals surface area contributed by atoms with Gasteiger partial charge in [0.05, 0.1) is 6.07 Å². The van der Waals surface area contributed by atoms with Gasteiger partial charge in [-0.05, 0) is 43.5 Å². The van der Waals surface area contributed by atoms with Gasteiger partial charge in [0.1, 0.15) is 5.92 Å². The molecule has 0 aliphatic carbocycles. The zero-order chi connectivity index (χ0) is 14.7. The number of rotatable bonds is 3. The molecule has 0 aliphatic heterocycles. The molecule has 0 fully saturated rings. The maximum atomic E-state index is 12.5. The fourth-order valence-electron chi connectivity index (χ4n) is 2.19. The Morgan fingerprint density at radius 2 is 1.80 bits per heavy atom. The Morgan fingerprint density at radius 1 is 1.05 bits per heavy atom. The van der Waals surface area contributed by atoms with Crippen molar-refractivity contribution in [1.29, 1.82) is 5.26 Å². The first-order chi connectivity index (χ1) is 9.52. The Bertz CT molecular complexity index is 695. The van der Waals surface area contributed by atoms with E-state index in [1.807, 2.05) is 57.2 Å². The van der Waals surface area contributed by atoms with Crippen LogP contribution in [-0.4, -0.2) is 5.78 Å². The molecule has 0 heterocycles. The molecule has 0 N–H and O–H groups in total. The molecule has 100 valence electrons. The molecule has 2 aromatic carbocycles. The van der Waals surface area contributed by atoms with E-state index in [-0.39, 0.29) is 5.78 Å². The Morgan fingerprint density at radius 3 is 2.40 bits per heavy atom. The van der Waals surface area contributed by atoms with Crippen molar-refractivity contribution in [2.75, 3.05) is 0 Å². The summed E-state index contributed by atoms with van der Waals surface area (Å²) in [6, 6.07) is 15.3. The second-order valence-corrected chi connectivity index (χ2v) is 5.14. The lowest BCUT2D eigenvalue weighted by molar-refractivity contribution is 0.0979. The van der Waals surface area contributed by atoms with Crippen LogP contribution < -0.4 is 0 Å². The van der Waals surface area contributed by atoms with Gasteiger partial charge in [-0.3, -0.25) is 4.79 Å². The molecule has 2 aromatic rings. The molecular formula is C18H17NO. The lowest BCUT2D eigenvalue weighted by Gasteiger charge is -2.11. The summed E-state index contributed by atoms with van der Waals surface area (Å²) in [6.45, 7) is 5.95. The minimum atomic E-state index is -0.740. The van der Waals surface area contributed by atoms with Crippen LogP contribution in [0.15, 0.2) is 42.5 Å². The average molecular weight is 263 g/mol. The van der Waals surface area contributed by atoms with Gasteiger partial charge in [0.2, 0.25) is 0 Å². The van der Waals surface area contributed by atoms with E-state index in [0.717, 1.165) is 22.3 Å². The fraction of sp³-hybridized carbons (Fsp3) is 0.222. The predicted octanol–water partition coefficient (Wildman–Crippen LogP) is 4.10. The standard InChI is InChI=1S/C18H17NO/c1-12-5-4-6-16(9-12)18(20)17(11-19)15-8-7-13(2)14(3)10-15/h4-10,17H,1-3H3. The number of hydrogen-bond donors (Lipinski definition) is 0. The lowest BCUT2D eigenvalue weighted by Crippen LogP contribution is -2.11. The summed E-state index contributed by atoms with van der Waals surface area (Å²) in [5.41, 5.74) is 4.64. The number of aryl methyl sites for hydroxylation is 3. The van der Waals surface area contributed by atoms with Crippen LogP contribution in [0.4, 0.5) is 0 Å². The number of hydrogen-bond acceptors (Lipinski definition) is 2. The number of Topliss-reactive ketones (excluding diaryl/α,β-unsaturated/α-hetero) is 1. The predicted molar refractivity (Wildman–Crippen MR) is 79.8 cm³/mol. The van der Waals surface area contributed by atoms with Crippen molar-refractivity contribution in [3.63, 3.8) is 0 Å². The summed E-state index contributed by atoms with van der Waals surface area (Å²) in [4.78, 5) is 12.5. The van der Waals surface area contributed by atoms with Gasteiger partial charge in [0, 0.05) is 5.56 Å². The van der Waals surface area contributed by atoms with E-state index in [9.17, 15) is 10.1 Å². The quantitative estimate of drug-likeness (QED) is 0.782. The second kappa shape index (κ2) is 5.71. The lowest BCUT2D eigenvalue weighted by atomic mass is 9.89. The number of nitriles is 1. The molecular weight excluding hydrogens is 246 g/mol. The van der Waals surface area contributed by atoms with Crippen molar-refractivity contribution >= 4 is 5.78 Å².